The van der Waals surface area contributed by atoms with E-state index in [-0.39, 0.29) is 5.91 Å². The van der Waals surface area contributed by atoms with E-state index in [0.29, 0.717) is 6.54 Å². The summed E-state index contributed by atoms with van der Waals surface area (Å²) < 4.78 is 1.83. The number of nitrogens with zero attached hydrogens (tertiary/aromatic N) is 2. The molecule has 3 heterocycles. The number of carbonyl (C=O) groups excluding carboxylic acids is 1. The topological polar surface area (TPSA) is 59.0 Å². The van der Waals surface area contributed by atoms with E-state index in [0.717, 1.165) is 32.4 Å². The summed E-state index contributed by atoms with van der Waals surface area (Å²) in [6.45, 7) is 4.43. The average molecular weight is 318 g/mol. The number of amides is 1. The van der Waals surface area contributed by atoms with Crippen molar-refractivity contribution in [2.45, 2.75) is 38.3 Å². The molecule has 2 N–H and O–H groups in total. The Labute approximate surface area is 134 Å². The van der Waals surface area contributed by atoms with Gasteiger partial charge in [0.05, 0.1) is 6.54 Å². The van der Waals surface area contributed by atoms with Gasteiger partial charge in [0.1, 0.15) is 5.54 Å². The normalized spacial score (nSPS) is 17.3. The van der Waals surface area contributed by atoms with E-state index in [4.69, 9.17) is 0 Å². The Morgan fingerprint density at radius 3 is 2.82 bits per heavy atom. The van der Waals surface area contributed by atoms with Gasteiger partial charge in [-0.1, -0.05) is 6.92 Å². The van der Waals surface area contributed by atoms with Crippen molar-refractivity contribution in [3.05, 3.63) is 40.3 Å². The van der Waals surface area contributed by atoms with Gasteiger partial charge in [0, 0.05) is 22.1 Å². The molecule has 2 aromatic heterocycles. The maximum absolute atomic E-state index is 12.9. The summed E-state index contributed by atoms with van der Waals surface area (Å²) in [6.07, 6.45) is 6.22. The Hall–Kier alpha value is -1.66. The SMILES string of the molecule is CCc1ccc(CNC(=O)C2(n3cccn3)CCNCC2)s1. The molecule has 0 saturated carbocycles. The second kappa shape index (κ2) is 6.62. The predicted octanol–water partition coefficient (Wildman–Crippen LogP) is 1.90. The first kappa shape index (κ1) is 15.2. The molecule has 0 aromatic carbocycles. The third-order valence-corrected chi connectivity index (χ3v) is 5.51. The first-order valence-electron chi connectivity index (χ1n) is 7.81. The van der Waals surface area contributed by atoms with Crippen molar-refractivity contribution in [1.82, 2.24) is 20.4 Å². The van der Waals surface area contributed by atoms with Crippen LogP contribution in [0.15, 0.2) is 30.6 Å². The summed E-state index contributed by atoms with van der Waals surface area (Å²) in [7, 11) is 0. The number of carbonyl (C=O) groups is 1. The van der Waals surface area contributed by atoms with Crippen LogP contribution in [0, 0.1) is 0 Å². The van der Waals surface area contributed by atoms with Gasteiger partial charge < -0.3 is 10.6 Å². The second-order valence-electron chi connectivity index (χ2n) is 5.64. The lowest BCUT2D eigenvalue weighted by molar-refractivity contribution is -0.132. The summed E-state index contributed by atoms with van der Waals surface area (Å²) in [5.41, 5.74) is -0.556. The molecule has 6 heteroatoms. The molecular weight excluding hydrogens is 296 g/mol. The van der Waals surface area contributed by atoms with Crippen LogP contribution >= 0.6 is 11.3 Å². The van der Waals surface area contributed by atoms with E-state index >= 15 is 0 Å². The maximum Gasteiger partial charge on any atom is 0.248 e. The fraction of sp³-hybridized carbons (Fsp3) is 0.500. The molecule has 1 aliphatic heterocycles. The van der Waals surface area contributed by atoms with Crippen LogP contribution in [0.2, 0.25) is 0 Å². The highest BCUT2D eigenvalue weighted by Crippen LogP contribution is 2.27. The quantitative estimate of drug-likeness (QED) is 0.885. The van der Waals surface area contributed by atoms with Gasteiger partial charge in [-0.15, -0.1) is 11.3 Å². The predicted molar refractivity (Wildman–Crippen MR) is 87.8 cm³/mol. The zero-order chi connectivity index (χ0) is 15.4. The Kier molecular flexibility index (Phi) is 4.59. The van der Waals surface area contributed by atoms with Crippen LogP contribution in [0.25, 0.3) is 0 Å². The summed E-state index contributed by atoms with van der Waals surface area (Å²) in [5, 5.41) is 10.8. The van der Waals surface area contributed by atoms with Gasteiger partial charge >= 0.3 is 0 Å². The number of nitrogens with one attached hydrogen (secondary N) is 2. The lowest BCUT2D eigenvalue weighted by Crippen LogP contribution is -2.54. The minimum Gasteiger partial charge on any atom is -0.349 e. The molecule has 22 heavy (non-hydrogen) atoms. The number of hydrogen-bond donors (Lipinski definition) is 2. The van der Waals surface area contributed by atoms with E-state index in [9.17, 15) is 4.79 Å². The molecule has 1 saturated heterocycles. The van der Waals surface area contributed by atoms with E-state index in [1.54, 1.807) is 17.5 Å². The van der Waals surface area contributed by atoms with Crippen molar-refractivity contribution in [2.75, 3.05) is 13.1 Å². The van der Waals surface area contributed by atoms with E-state index in [1.165, 1.54) is 9.75 Å². The Morgan fingerprint density at radius 1 is 1.41 bits per heavy atom. The highest BCUT2D eigenvalue weighted by Gasteiger charge is 2.41. The third-order valence-electron chi connectivity index (χ3n) is 4.29. The van der Waals surface area contributed by atoms with Crippen LogP contribution in [0.4, 0.5) is 0 Å². The molecule has 2 aromatic rings. The van der Waals surface area contributed by atoms with Crippen molar-refractivity contribution in [3.63, 3.8) is 0 Å². The Bertz CT molecular complexity index is 614. The van der Waals surface area contributed by atoms with Crippen LogP contribution in [0.3, 0.4) is 0 Å². The minimum absolute atomic E-state index is 0.0733. The zero-order valence-electron chi connectivity index (χ0n) is 12.8. The van der Waals surface area contributed by atoms with E-state index in [2.05, 4.69) is 34.8 Å². The maximum atomic E-state index is 12.9. The molecule has 0 unspecified atom stereocenters. The number of thiophene rings is 1. The number of hydrogen-bond acceptors (Lipinski definition) is 4. The first-order valence-corrected chi connectivity index (χ1v) is 8.63. The molecular formula is C16H22N4OS. The number of aryl methyl sites for hydroxylation is 1. The van der Waals surface area contributed by atoms with Gasteiger partial charge in [-0.3, -0.25) is 9.48 Å². The lowest BCUT2D eigenvalue weighted by Gasteiger charge is -2.36. The molecule has 0 radical (unpaired) electrons. The largest absolute Gasteiger partial charge is 0.349 e. The van der Waals surface area contributed by atoms with Gasteiger partial charge in [0.15, 0.2) is 0 Å². The standard InChI is InChI=1S/C16H22N4OS/c1-2-13-4-5-14(22-13)12-18-15(21)16(6-9-17-10-7-16)20-11-3-8-19-20/h3-5,8,11,17H,2,6-7,9-10,12H2,1H3,(H,18,21). The van der Waals surface area contributed by atoms with Gasteiger partial charge in [-0.2, -0.15) is 5.10 Å². The minimum atomic E-state index is -0.556. The number of piperidine rings is 1. The highest BCUT2D eigenvalue weighted by atomic mass is 32.1. The molecule has 1 aliphatic rings. The summed E-state index contributed by atoms with van der Waals surface area (Å²) in [6, 6.07) is 6.12. The summed E-state index contributed by atoms with van der Waals surface area (Å²) in [4.78, 5) is 15.4. The van der Waals surface area contributed by atoms with Crippen LogP contribution in [0.5, 0.6) is 0 Å². The molecule has 0 spiro atoms. The number of rotatable bonds is 5. The van der Waals surface area contributed by atoms with Crippen molar-refractivity contribution in [2.24, 2.45) is 0 Å². The van der Waals surface area contributed by atoms with Crippen molar-refractivity contribution >= 4 is 17.2 Å². The molecule has 0 atom stereocenters. The second-order valence-corrected chi connectivity index (χ2v) is 6.89. The van der Waals surface area contributed by atoms with Gasteiger partial charge in [0.25, 0.3) is 0 Å². The Balaban J connectivity index is 1.72. The van der Waals surface area contributed by atoms with Crippen LogP contribution in [0.1, 0.15) is 29.5 Å². The first-order chi connectivity index (χ1) is 10.7. The van der Waals surface area contributed by atoms with Gasteiger partial charge in [0.2, 0.25) is 5.91 Å². The van der Waals surface area contributed by atoms with Crippen molar-refractivity contribution in [3.8, 4) is 0 Å². The molecule has 3 rings (SSSR count). The van der Waals surface area contributed by atoms with Gasteiger partial charge in [-0.25, -0.2) is 0 Å². The van der Waals surface area contributed by atoms with Crippen molar-refractivity contribution in [1.29, 1.82) is 0 Å². The molecule has 118 valence electrons. The van der Waals surface area contributed by atoms with Crippen LogP contribution in [-0.2, 0) is 23.3 Å². The summed E-state index contributed by atoms with van der Waals surface area (Å²) >= 11 is 1.77. The van der Waals surface area contributed by atoms with E-state index < -0.39 is 5.54 Å². The molecule has 0 bridgehead atoms. The highest BCUT2D eigenvalue weighted by molar-refractivity contribution is 7.11. The average Bonchev–Trinajstić information content (AvgIpc) is 3.24. The fourth-order valence-electron chi connectivity index (χ4n) is 2.96. The lowest BCUT2D eigenvalue weighted by atomic mass is 9.87. The monoisotopic (exact) mass is 318 g/mol. The van der Waals surface area contributed by atoms with Crippen LogP contribution < -0.4 is 10.6 Å². The molecule has 5 nitrogen and oxygen atoms in total. The van der Waals surface area contributed by atoms with Crippen molar-refractivity contribution < 1.29 is 4.79 Å². The third kappa shape index (κ3) is 2.94. The summed E-state index contributed by atoms with van der Waals surface area (Å²) in [5.74, 6) is 0.0733. The van der Waals surface area contributed by atoms with Crippen LogP contribution in [-0.4, -0.2) is 28.8 Å². The van der Waals surface area contributed by atoms with Gasteiger partial charge in [-0.05, 0) is 50.6 Å². The molecule has 0 aliphatic carbocycles. The number of aromatic nitrogens is 2. The molecule has 1 fully saturated rings. The zero-order valence-corrected chi connectivity index (χ0v) is 13.7. The Morgan fingerprint density at radius 2 is 2.18 bits per heavy atom. The smallest absolute Gasteiger partial charge is 0.248 e. The molecule has 1 amide bonds. The van der Waals surface area contributed by atoms with E-state index in [1.807, 2.05) is 16.9 Å². The fourth-order valence-corrected chi connectivity index (χ4v) is 3.86.